The Morgan fingerprint density at radius 3 is 2.74 bits per heavy atom. The number of H-pyrrole nitrogens is 1. The molecule has 104 valence electrons. The molecule has 1 heterocycles. The third-order valence-corrected chi connectivity index (χ3v) is 3.38. The van der Waals surface area contributed by atoms with Gasteiger partial charge in [0.05, 0.1) is 0 Å². The Hall–Kier alpha value is -0.630. The van der Waals surface area contributed by atoms with Gasteiger partial charge >= 0.3 is 7.82 Å². The molecule has 0 saturated heterocycles. The minimum absolute atomic E-state index is 0.159. The highest BCUT2D eigenvalue weighted by Gasteiger charge is 2.19. The first-order chi connectivity index (χ1) is 8.87. The fourth-order valence-corrected chi connectivity index (χ4v) is 2.45. The van der Waals surface area contributed by atoms with Crippen molar-refractivity contribution in [1.29, 1.82) is 0 Å². The summed E-state index contributed by atoms with van der Waals surface area (Å²) in [5, 5.41) is 0.661. The fraction of sp³-hybridized carbons (Fsp3) is 0.200. The summed E-state index contributed by atoms with van der Waals surface area (Å²) in [6, 6.07) is 5.00. The molecule has 0 saturated carbocycles. The molecule has 0 radical (unpaired) electrons. The summed E-state index contributed by atoms with van der Waals surface area (Å²) < 4.78 is 17.1. The van der Waals surface area contributed by atoms with Crippen LogP contribution in [0.2, 0.25) is 0 Å². The van der Waals surface area contributed by atoms with Gasteiger partial charge in [-0.1, -0.05) is 31.7 Å². The molecule has 0 amide bonds. The molecule has 0 aliphatic carbocycles. The van der Waals surface area contributed by atoms with Crippen LogP contribution < -0.4 is 4.52 Å². The van der Waals surface area contributed by atoms with Gasteiger partial charge in [-0.25, -0.2) is 4.57 Å². The Bertz CT molecular complexity index is 625. The fourth-order valence-electron chi connectivity index (χ4n) is 1.84. The molecule has 0 aliphatic heterocycles. The van der Waals surface area contributed by atoms with Crippen LogP contribution in [0.1, 0.15) is 5.56 Å². The molecule has 0 unspecified atom stereocenters. The van der Waals surface area contributed by atoms with Gasteiger partial charge in [0, 0.05) is 23.6 Å². The summed E-state index contributed by atoms with van der Waals surface area (Å²) in [5.74, 6) is 0.159. The first-order valence-corrected chi connectivity index (χ1v) is 7.69. The third-order valence-electron chi connectivity index (χ3n) is 2.55. The molecular weight excluding hydrogens is 307 g/mol. The van der Waals surface area contributed by atoms with Crippen LogP contribution in [0.4, 0.5) is 0 Å². The monoisotopic (exact) mass is 320 g/mol. The van der Waals surface area contributed by atoms with Gasteiger partial charge in [0.15, 0.2) is 0 Å². The molecular formula is C10H13N2O4PS2. The molecule has 0 spiro atoms. The van der Waals surface area contributed by atoms with Crippen molar-refractivity contribution in [1.82, 2.24) is 8.69 Å². The van der Waals surface area contributed by atoms with E-state index in [9.17, 15) is 4.57 Å². The second kappa shape index (κ2) is 5.78. The van der Waals surface area contributed by atoms with E-state index in [0.29, 0.717) is 18.4 Å². The smallest absolute Gasteiger partial charge is 0.404 e. The zero-order valence-electron chi connectivity index (χ0n) is 9.72. The number of aromatic amines is 1. The summed E-state index contributed by atoms with van der Waals surface area (Å²) in [6.45, 7) is 0.573. The Kier molecular flexibility index (Phi) is 4.50. The highest BCUT2D eigenvalue weighted by Crippen LogP contribution is 2.41. The summed E-state index contributed by atoms with van der Waals surface area (Å²) >= 11 is 8.06. The Balaban J connectivity index is 2.40. The summed E-state index contributed by atoms with van der Waals surface area (Å²) in [6.07, 6.45) is 2.40. The van der Waals surface area contributed by atoms with Crippen LogP contribution in [0.25, 0.3) is 10.9 Å². The van der Waals surface area contributed by atoms with Gasteiger partial charge in [0.2, 0.25) is 0 Å². The lowest BCUT2D eigenvalue weighted by atomic mass is 10.1. The number of hydrogen-bond acceptors (Lipinski definition) is 5. The molecule has 2 aromatic rings. The summed E-state index contributed by atoms with van der Waals surface area (Å²) in [4.78, 5) is 20.9. The zero-order chi connectivity index (χ0) is 14.0. The van der Waals surface area contributed by atoms with Crippen LogP contribution in [0.5, 0.6) is 5.75 Å². The van der Waals surface area contributed by atoms with E-state index in [2.05, 4.69) is 30.6 Å². The molecule has 9 heteroatoms. The maximum Gasteiger partial charge on any atom is 0.524 e. The van der Waals surface area contributed by atoms with E-state index in [1.54, 1.807) is 12.3 Å². The highest BCUT2D eigenvalue weighted by atomic mass is 32.2. The van der Waals surface area contributed by atoms with Crippen LogP contribution in [0.3, 0.4) is 0 Å². The number of fused-ring (bicyclic) bond motifs is 1. The van der Waals surface area contributed by atoms with Crippen molar-refractivity contribution in [2.45, 2.75) is 6.42 Å². The molecule has 0 atom stereocenters. The van der Waals surface area contributed by atoms with Crippen molar-refractivity contribution in [3.05, 3.63) is 30.0 Å². The second-order valence-corrected chi connectivity index (χ2v) is 6.37. The summed E-state index contributed by atoms with van der Waals surface area (Å²) in [5.41, 5.74) is 1.64. The Morgan fingerprint density at radius 1 is 1.37 bits per heavy atom. The van der Waals surface area contributed by atoms with Crippen LogP contribution >= 0.6 is 33.5 Å². The minimum atomic E-state index is -4.58. The number of hydrogen-bond donors (Lipinski definition) is 5. The van der Waals surface area contributed by atoms with Crippen LogP contribution in [-0.2, 0) is 11.0 Å². The predicted molar refractivity (Wildman–Crippen MR) is 79.4 cm³/mol. The molecule has 0 aliphatic rings. The Labute approximate surface area is 121 Å². The van der Waals surface area contributed by atoms with Crippen LogP contribution in [0, 0.1) is 0 Å². The van der Waals surface area contributed by atoms with E-state index in [-0.39, 0.29) is 5.75 Å². The number of aromatic nitrogens is 1. The average molecular weight is 320 g/mol. The van der Waals surface area contributed by atoms with Crippen molar-refractivity contribution in [3.8, 4) is 5.75 Å². The number of phosphoric ester groups is 1. The van der Waals surface area contributed by atoms with Crippen molar-refractivity contribution in [2.75, 3.05) is 6.54 Å². The van der Waals surface area contributed by atoms with Gasteiger partial charge in [0.1, 0.15) is 5.75 Å². The molecule has 1 aromatic carbocycles. The number of nitrogens with zero attached hydrogens (tertiary/aromatic N) is 1. The van der Waals surface area contributed by atoms with E-state index in [0.717, 1.165) is 11.1 Å². The van der Waals surface area contributed by atoms with Gasteiger partial charge in [-0.3, -0.25) is 9.79 Å². The van der Waals surface area contributed by atoms with E-state index in [1.807, 2.05) is 6.07 Å². The van der Waals surface area contributed by atoms with Crippen LogP contribution in [0.15, 0.2) is 24.4 Å². The first-order valence-electron chi connectivity index (χ1n) is 5.36. The average Bonchev–Trinajstić information content (AvgIpc) is 2.68. The molecule has 19 heavy (non-hydrogen) atoms. The van der Waals surface area contributed by atoms with Gasteiger partial charge in [-0.2, -0.15) is 3.71 Å². The quantitative estimate of drug-likeness (QED) is 0.431. The molecule has 6 nitrogen and oxygen atoms in total. The zero-order valence-corrected chi connectivity index (χ0v) is 12.4. The lowest BCUT2D eigenvalue weighted by Gasteiger charge is -2.10. The lowest BCUT2D eigenvalue weighted by molar-refractivity contribution is 0.284. The maximum atomic E-state index is 11.0. The maximum absolute atomic E-state index is 11.0. The molecule has 0 bridgehead atoms. The second-order valence-electron chi connectivity index (χ2n) is 3.92. The van der Waals surface area contributed by atoms with Crippen molar-refractivity contribution in [3.63, 3.8) is 0 Å². The predicted octanol–water partition coefficient (Wildman–Crippen LogP) is 2.17. The van der Waals surface area contributed by atoms with Gasteiger partial charge < -0.3 is 9.51 Å². The molecule has 2 rings (SSSR count). The van der Waals surface area contributed by atoms with E-state index >= 15 is 0 Å². The van der Waals surface area contributed by atoms with Crippen molar-refractivity contribution in [2.24, 2.45) is 0 Å². The molecule has 0 fully saturated rings. The Morgan fingerprint density at radius 2 is 2.11 bits per heavy atom. The van der Waals surface area contributed by atoms with Crippen molar-refractivity contribution < 1.29 is 18.9 Å². The number of nitrogens with one attached hydrogen (secondary N) is 1. The normalized spacial score (nSPS) is 12.3. The molecule has 1 aromatic heterocycles. The van der Waals surface area contributed by atoms with E-state index in [4.69, 9.17) is 14.3 Å². The van der Waals surface area contributed by atoms with Gasteiger partial charge in [-0.15, -0.1) is 0 Å². The number of benzene rings is 1. The molecule has 3 N–H and O–H groups in total. The lowest BCUT2D eigenvalue weighted by Crippen LogP contribution is -2.03. The standard InChI is InChI=1S/C10H13N2O4PS2/c13-17(14,15)16-9-3-1-2-8-10(9)7(6-11-8)4-5-12(18)19/h1-3,6,11,18-19H,4-5H2,(H2,13,14,15). The van der Waals surface area contributed by atoms with Crippen LogP contribution in [-0.4, -0.2) is 25.0 Å². The minimum Gasteiger partial charge on any atom is -0.404 e. The first kappa shape index (κ1) is 14.8. The van der Waals surface area contributed by atoms with Crippen molar-refractivity contribution >= 4 is 44.4 Å². The number of rotatable bonds is 5. The van der Waals surface area contributed by atoms with E-state index < -0.39 is 7.82 Å². The largest absolute Gasteiger partial charge is 0.524 e. The van der Waals surface area contributed by atoms with Gasteiger partial charge in [-0.05, 0) is 24.1 Å². The SMILES string of the molecule is O=P(O)(O)Oc1cccc2[nH]cc(CCN(S)S)c12. The third kappa shape index (κ3) is 3.92. The summed E-state index contributed by atoms with van der Waals surface area (Å²) in [7, 11) is -4.58. The number of thiol groups is 2. The highest BCUT2D eigenvalue weighted by molar-refractivity contribution is 7.93. The van der Waals surface area contributed by atoms with E-state index in [1.165, 1.54) is 9.78 Å². The number of phosphoric acid groups is 1. The topological polar surface area (TPSA) is 85.8 Å². The van der Waals surface area contributed by atoms with Gasteiger partial charge in [0.25, 0.3) is 0 Å².